The molecule has 0 amide bonds. The maximum atomic E-state index is 10.1. The van der Waals surface area contributed by atoms with Crippen LogP contribution in [0, 0.1) is 0 Å². The van der Waals surface area contributed by atoms with Crippen LogP contribution in [0.5, 0.6) is 5.75 Å². The Hall–Kier alpha value is -1.08. The first-order valence-electron chi connectivity index (χ1n) is 8.85. The molecular weight excluding hydrogens is 319 g/mol. The van der Waals surface area contributed by atoms with Crippen molar-refractivity contribution in [3.05, 3.63) is 24.3 Å². The molecule has 5 nitrogen and oxygen atoms in total. The summed E-state index contributed by atoms with van der Waals surface area (Å²) >= 11 is 0. The summed E-state index contributed by atoms with van der Waals surface area (Å²) in [5, 5.41) is 10.1. The van der Waals surface area contributed by atoms with Crippen molar-refractivity contribution >= 4 is 12.7 Å². The van der Waals surface area contributed by atoms with Crippen molar-refractivity contribution in [2.45, 2.75) is 59.0 Å². The highest BCUT2D eigenvalue weighted by Gasteiger charge is 2.35. The lowest BCUT2D eigenvalue weighted by molar-refractivity contribution is -0.152. The van der Waals surface area contributed by atoms with Crippen molar-refractivity contribution in [1.29, 1.82) is 0 Å². The van der Waals surface area contributed by atoms with Crippen LogP contribution in [0.15, 0.2) is 24.3 Å². The van der Waals surface area contributed by atoms with Crippen molar-refractivity contribution in [3.8, 4) is 5.75 Å². The smallest absolute Gasteiger partial charge is 0.191 e. The van der Waals surface area contributed by atoms with Gasteiger partial charge in [0.15, 0.2) is 13.6 Å². The number of rotatable bonds is 12. The summed E-state index contributed by atoms with van der Waals surface area (Å²) in [4.78, 5) is 0. The molecule has 0 atom stereocenters. The summed E-state index contributed by atoms with van der Waals surface area (Å²) in [5.41, 5.74) is -0.562. The highest BCUT2D eigenvalue weighted by Crippen LogP contribution is 2.24. The van der Waals surface area contributed by atoms with Crippen molar-refractivity contribution in [3.63, 3.8) is 0 Å². The van der Waals surface area contributed by atoms with Gasteiger partial charge in [0.05, 0.1) is 11.2 Å². The second-order valence-electron chi connectivity index (χ2n) is 6.81. The summed E-state index contributed by atoms with van der Waals surface area (Å²) in [7, 11) is 1.96. The summed E-state index contributed by atoms with van der Waals surface area (Å²) in [6.45, 7) is 13.0. The molecule has 0 aliphatic rings. The predicted octanol–water partition coefficient (Wildman–Crippen LogP) is 2.32. The molecule has 0 unspecified atom stereocenters. The molecule has 0 fully saturated rings. The van der Waals surface area contributed by atoms with E-state index in [1.807, 2.05) is 59.2 Å². The van der Waals surface area contributed by atoms with Gasteiger partial charge in [-0.3, -0.25) is 0 Å². The monoisotopic (exact) mass is 351 g/mol. The van der Waals surface area contributed by atoms with E-state index in [9.17, 15) is 5.11 Å². The third kappa shape index (κ3) is 7.78. The molecule has 0 bridgehead atoms. The van der Waals surface area contributed by atoms with Crippen molar-refractivity contribution < 1.29 is 24.1 Å². The average Bonchev–Trinajstić information content (AvgIpc) is 2.52. The van der Waals surface area contributed by atoms with Crippen molar-refractivity contribution in [2.75, 3.05) is 26.3 Å². The molecule has 0 aromatic heterocycles. The van der Waals surface area contributed by atoms with Crippen LogP contribution in [0.3, 0.4) is 0 Å². The van der Waals surface area contributed by atoms with Crippen LogP contribution in [0.2, 0.25) is 0 Å². The Bertz CT molecular complexity index is 493. The zero-order chi connectivity index (χ0) is 18.9. The summed E-state index contributed by atoms with van der Waals surface area (Å²) in [6.07, 6.45) is -0.362. The number of benzene rings is 1. The molecule has 141 valence electrons. The zero-order valence-corrected chi connectivity index (χ0v) is 16.4. The predicted molar refractivity (Wildman–Crippen MR) is 101 cm³/mol. The van der Waals surface area contributed by atoms with Gasteiger partial charge in [-0.2, -0.15) is 0 Å². The van der Waals surface area contributed by atoms with Gasteiger partial charge in [0.1, 0.15) is 12.4 Å². The Balaban J connectivity index is 2.52. The fourth-order valence-corrected chi connectivity index (χ4v) is 1.93. The average molecular weight is 351 g/mol. The minimum atomic E-state index is -0.917. The molecule has 25 heavy (non-hydrogen) atoms. The number of hydrogen-bond acceptors (Lipinski definition) is 5. The molecule has 0 heterocycles. The van der Waals surface area contributed by atoms with Crippen LogP contribution in [0.1, 0.15) is 41.5 Å². The van der Waals surface area contributed by atoms with Gasteiger partial charge in [-0.1, -0.05) is 17.6 Å². The first-order valence-corrected chi connectivity index (χ1v) is 8.85. The lowest BCUT2D eigenvalue weighted by Gasteiger charge is -2.37. The van der Waals surface area contributed by atoms with E-state index in [1.165, 1.54) is 0 Å². The van der Waals surface area contributed by atoms with Crippen LogP contribution >= 0.6 is 0 Å². The Morgan fingerprint density at radius 2 is 1.72 bits per heavy atom. The van der Waals surface area contributed by atoms with Gasteiger partial charge in [0.2, 0.25) is 0 Å². The van der Waals surface area contributed by atoms with E-state index < -0.39 is 11.2 Å². The van der Waals surface area contributed by atoms with E-state index >= 15 is 0 Å². The normalized spacial score (nSPS) is 12.5. The molecular formula is C19H32BO5. The van der Waals surface area contributed by atoms with E-state index in [0.717, 1.165) is 11.2 Å². The number of aliphatic hydroxyl groups is 1. The summed E-state index contributed by atoms with van der Waals surface area (Å²) in [5.74, 6) is 0.750. The third-order valence-electron chi connectivity index (χ3n) is 4.19. The number of ether oxygens (including phenoxy) is 4. The Labute approximate surface area is 152 Å². The first kappa shape index (κ1) is 22.0. The van der Waals surface area contributed by atoms with Gasteiger partial charge in [0.25, 0.3) is 0 Å². The Morgan fingerprint density at radius 1 is 1.08 bits per heavy atom. The molecule has 1 radical (unpaired) electrons. The molecule has 0 spiro atoms. The highest BCUT2D eigenvalue weighted by atomic mass is 16.7. The maximum Gasteiger partial charge on any atom is 0.191 e. The molecule has 1 aromatic rings. The molecule has 1 aromatic carbocycles. The second-order valence-corrected chi connectivity index (χ2v) is 6.81. The fourth-order valence-electron chi connectivity index (χ4n) is 1.93. The summed E-state index contributed by atoms with van der Waals surface area (Å²) in [6, 6.07) is 7.75. The van der Waals surface area contributed by atoms with Crippen molar-refractivity contribution in [1.82, 2.24) is 0 Å². The minimum absolute atomic E-state index is 0.341. The SMILES string of the molecule is CCOC(COc1cccc([B]COC(C)(C)C(C)(C)O)c1)OCC. The molecule has 0 aliphatic carbocycles. The van der Waals surface area contributed by atoms with Gasteiger partial charge in [0, 0.05) is 19.7 Å². The molecule has 1 N–H and O–H groups in total. The largest absolute Gasteiger partial charge is 0.488 e. The highest BCUT2D eigenvalue weighted by molar-refractivity contribution is 6.53. The van der Waals surface area contributed by atoms with Crippen LogP contribution in [0.25, 0.3) is 0 Å². The van der Waals surface area contributed by atoms with E-state index in [2.05, 4.69) is 0 Å². The van der Waals surface area contributed by atoms with Gasteiger partial charge in [-0.05, 0) is 53.7 Å². The molecule has 1 rings (SSSR count). The van der Waals surface area contributed by atoms with Gasteiger partial charge in [-0.25, -0.2) is 0 Å². The van der Waals surface area contributed by atoms with Crippen LogP contribution in [-0.4, -0.2) is 56.2 Å². The standard InChI is InChI=1S/C19H32BO5/c1-7-22-17(23-8-2)13-24-16-11-9-10-15(12-16)20-14-25-19(5,6)18(3,4)21/h9-12,17,21H,7-8,13-14H2,1-6H3. The van der Waals surface area contributed by atoms with E-state index in [4.69, 9.17) is 18.9 Å². The van der Waals surface area contributed by atoms with E-state index in [-0.39, 0.29) is 6.29 Å². The van der Waals surface area contributed by atoms with E-state index in [1.54, 1.807) is 13.8 Å². The maximum absolute atomic E-state index is 10.1. The first-order chi connectivity index (χ1) is 11.7. The second kappa shape index (κ2) is 10.2. The lowest BCUT2D eigenvalue weighted by atomic mass is 9.71. The molecule has 0 saturated heterocycles. The molecule has 0 aliphatic heterocycles. The van der Waals surface area contributed by atoms with Gasteiger partial charge >= 0.3 is 0 Å². The van der Waals surface area contributed by atoms with E-state index in [0.29, 0.717) is 26.3 Å². The summed E-state index contributed by atoms with van der Waals surface area (Å²) < 4.78 is 22.5. The lowest BCUT2D eigenvalue weighted by Crippen LogP contribution is -2.48. The van der Waals surface area contributed by atoms with Gasteiger partial charge in [-0.15, -0.1) is 0 Å². The van der Waals surface area contributed by atoms with Gasteiger partial charge < -0.3 is 24.1 Å². The Morgan fingerprint density at radius 3 is 2.28 bits per heavy atom. The zero-order valence-electron chi connectivity index (χ0n) is 16.4. The Kier molecular flexibility index (Phi) is 8.93. The van der Waals surface area contributed by atoms with Crippen LogP contribution in [-0.2, 0) is 14.2 Å². The number of hydrogen-bond donors (Lipinski definition) is 1. The quantitative estimate of drug-likeness (QED) is 0.463. The third-order valence-corrected chi connectivity index (χ3v) is 4.19. The van der Waals surface area contributed by atoms with Crippen LogP contribution in [0.4, 0.5) is 0 Å². The van der Waals surface area contributed by atoms with Crippen molar-refractivity contribution in [2.24, 2.45) is 0 Å². The topological polar surface area (TPSA) is 57.2 Å². The molecule has 6 heteroatoms. The fraction of sp³-hybridized carbons (Fsp3) is 0.684. The molecule has 0 saturated carbocycles. The van der Waals surface area contributed by atoms with Crippen LogP contribution < -0.4 is 10.2 Å². The minimum Gasteiger partial charge on any atom is -0.488 e.